The van der Waals surface area contributed by atoms with Crippen molar-refractivity contribution in [2.45, 2.75) is 31.5 Å². The summed E-state index contributed by atoms with van der Waals surface area (Å²) >= 11 is 5.94. The molecule has 3 heterocycles. The lowest BCUT2D eigenvalue weighted by Crippen LogP contribution is -2.40. The molecule has 4 N–H and O–H groups in total. The Morgan fingerprint density at radius 1 is 1.09 bits per heavy atom. The van der Waals surface area contributed by atoms with E-state index in [4.69, 9.17) is 22.1 Å². The maximum atomic E-state index is 14.2. The largest absolute Gasteiger partial charge is 0.482 e. The smallest absolute Gasteiger partial charge is 0.166 e. The van der Waals surface area contributed by atoms with E-state index in [2.05, 4.69) is 15.3 Å². The molecule has 168 valence electrons. The molecule has 3 aromatic rings. The van der Waals surface area contributed by atoms with Crippen molar-refractivity contribution in [3.05, 3.63) is 70.6 Å². The number of piperidine rings is 1. The van der Waals surface area contributed by atoms with Crippen LogP contribution < -0.4 is 15.8 Å². The van der Waals surface area contributed by atoms with Crippen molar-refractivity contribution in [3.63, 3.8) is 0 Å². The van der Waals surface area contributed by atoms with E-state index in [1.54, 1.807) is 31.5 Å². The molecule has 1 atom stereocenters. The predicted octanol–water partition coefficient (Wildman–Crippen LogP) is 4.37. The van der Waals surface area contributed by atoms with Gasteiger partial charge in [-0.05, 0) is 57.1 Å². The molecule has 0 spiro atoms. The first-order valence-electron chi connectivity index (χ1n) is 10.2. The number of halogens is 3. The fourth-order valence-electron chi connectivity index (χ4n) is 3.81. The quantitative estimate of drug-likeness (QED) is 0.490. The van der Waals surface area contributed by atoms with Gasteiger partial charge in [0.25, 0.3) is 0 Å². The summed E-state index contributed by atoms with van der Waals surface area (Å²) in [5.41, 5.74) is 6.93. The lowest BCUT2D eigenvalue weighted by Gasteiger charge is -2.32. The van der Waals surface area contributed by atoms with Crippen LogP contribution in [-0.4, -0.2) is 28.2 Å². The number of hydrogen-bond acceptors (Lipinski definition) is 6. The average molecular weight is 461 g/mol. The third-order valence-electron chi connectivity index (χ3n) is 5.68. The number of nitrogens with two attached hydrogens (primary N) is 1. The third kappa shape index (κ3) is 4.39. The minimum atomic E-state index is -0.943. The zero-order valence-electron chi connectivity index (χ0n) is 17.4. The second-order valence-corrected chi connectivity index (χ2v) is 8.22. The number of ether oxygens (including phenoxy) is 1. The molecular weight excluding hydrogens is 438 g/mol. The van der Waals surface area contributed by atoms with Crippen LogP contribution in [0.25, 0.3) is 11.1 Å². The number of aliphatic hydroxyl groups is 1. The van der Waals surface area contributed by atoms with E-state index in [9.17, 15) is 13.9 Å². The lowest BCUT2D eigenvalue weighted by molar-refractivity contribution is 0.00190. The zero-order valence-corrected chi connectivity index (χ0v) is 18.2. The summed E-state index contributed by atoms with van der Waals surface area (Å²) in [5.74, 6) is -1.11. The van der Waals surface area contributed by atoms with E-state index in [0.717, 1.165) is 30.8 Å². The van der Waals surface area contributed by atoms with Crippen LogP contribution in [0.2, 0.25) is 5.02 Å². The Balaban J connectivity index is 1.59. The molecule has 32 heavy (non-hydrogen) atoms. The molecule has 1 aliphatic heterocycles. The highest BCUT2D eigenvalue weighted by atomic mass is 35.5. The van der Waals surface area contributed by atoms with Crippen LogP contribution >= 0.6 is 11.6 Å². The molecule has 1 fully saturated rings. The van der Waals surface area contributed by atoms with Crippen LogP contribution in [0.4, 0.5) is 14.6 Å². The van der Waals surface area contributed by atoms with Crippen molar-refractivity contribution < 1.29 is 18.6 Å². The monoisotopic (exact) mass is 460 g/mol. The number of hydrogen-bond donors (Lipinski definition) is 3. The highest BCUT2D eigenvalue weighted by molar-refractivity contribution is 6.31. The number of pyridine rings is 2. The van der Waals surface area contributed by atoms with Crippen molar-refractivity contribution in [3.8, 4) is 16.9 Å². The average Bonchev–Trinajstić information content (AvgIpc) is 2.79. The minimum absolute atomic E-state index is 0.0992. The predicted molar refractivity (Wildman–Crippen MR) is 118 cm³/mol. The number of nitrogens with one attached hydrogen (secondary N) is 1. The minimum Gasteiger partial charge on any atom is -0.482 e. The van der Waals surface area contributed by atoms with Crippen LogP contribution in [0, 0.1) is 11.6 Å². The summed E-state index contributed by atoms with van der Waals surface area (Å²) in [6.45, 7) is 3.01. The molecule has 0 saturated carbocycles. The van der Waals surface area contributed by atoms with Crippen LogP contribution in [0.5, 0.6) is 5.75 Å². The van der Waals surface area contributed by atoms with E-state index >= 15 is 0 Å². The van der Waals surface area contributed by atoms with E-state index in [1.165, 1.54) is 0 Å². The topological polar surface area (TPSA) is 93.3 Å². The van der Waals surface area contributed by atoms with Crippen molar-refractivity contribution in [2.24, 2.45) is 0 Å². The Labute approximate surface area is 189 Å². The summed E-state index contributed by atoms with van der Waals surface area (Å²) in [4.78, 5) is 8.61. The molecule has 0 amide bonds. The van der Waals surface area contributed by atoms with Crippen LogP contribution in [0.3, 0.4) is 0 Å². The van der Waals surface area contributed by atoms with Gasteiger partial charge in [-0.2, -0.15) is 0 Å². The third-order valence-corrected chi connectivity index (χ3v) is 6.06. The lowest BCUT2D eigenvalue weighted by atomic mass is 9.88. The van der Waals surface area contributed by atoms with Gasteiger partial charge in [0.15, 0.2) is 11.6 Å². The number of rotatable bonds is 5. The van der Waals surface area contributed by atoms with Gasteiger partial charge in [0.05, 0.1) is 10.7 Å². The Kier molecular flexibility index (Phi) is 6.28. The van der Waals surface area contributed by atoms with Crippen LogP contribution in [0.1, 0.15) is 37.1 Å². The molecular formula is C23H23ClF2N4O2. The first-order valence-corrected chi connectivity index (χ1v) is 10.6. The number of anilines is 1. The Hall–Kier alpha value is -2.81. The van der Waals surface area contributed by atoms with Crippen molar-refractivity contribution in [1.29, 1.82) is 0 Å². The van der Waals surface area contributed by atoms with E-state index in [-0.39, 0.29) is 22.2 Å². The molecule has 1 aromatic carbocycles. The summed E-state index contributed by atoms with van der Waals surface area (Å²) in [7, 11) is 0. The van der Waals surface area contributed by atoms with Gasteiger partial charge in [0.1, 0.15) is 23.3 Å². The molecule has 0 bridgehead atoms. The molecule has 0 radical (unpaired) electrons. The van der Waals surface area contributed by atoms with Gasteiger partial charge in [-0.15, -0.1) is 0 Å². The molecule has 2 aromatic heterocycles. The van der Waals surface area contributed by atoms with Crippen molar-refractivity contribution >= 4 is 17.4 Å². The Morgan fingerprint density at radius 2 is 1.78 bits per heavy atom. The molecule has 6 nitrogen and oxygen atoms in total. The Bertz CT molecular complexity index is 1120. The van der Waals surface area contributed by atoms with Crippen LogP contribution in [0.15, 0.2) is 42.7 Å². The van der Waals surface area contributed by atoms with Crippen LogP contribution in [-0.2, 0) is 5.60 Å². The van der Waals surface area contributed by atoms with E-state index < -0.39 is 23.3 Å². The maximum absolute atomic E-state index is 14.2. The van der Waals surface area contributed by atoms with Crippen molar-refractivity contribution in [2.75, 3.05) is 18.8 Å². The number of benzene rings is 1. The fourth-order valence-corrected chi connectivity index (χ4v) is 4.12. The Morgan fingerprint density at radius 3 is 2.47 bits per heavy atom. The standard InChI is InChI=1S/C23H23ClF2N4O2/c1-13(20-16(25)3-4-17(26)21(20)24)32-18-10-15(12-30-22(18)27)14-2-5-19(29-11-14)23(31)6-8-28-9-7-23/h2-5,10-13,28,31H,6-9H2,1H3,(H2,27,30). The number of nitrogen functional groups attached to an aromatic ring is 1. The highest BCUT2D eigenvalue weighted by Crippen LogP contribution is 2.35. The van der Waals surface area contributed by atoms with E-state index in [0.29, 0.717) is 24.1 Å². The van der Waals surface area contributed by atoms with Gasteiger partial charge in [-0.25, -0.2) is 13.8 Å². The normalized spacial score (nSPS) is 16.5. The summed E-state index contributed by atoms with van der Waals surface area (Å²) < 4.78 is 33.8. The second-order valence-electron chi connectivity index (χ2n) is 7.84. The highest BCUT2D eigenvalue weighted by Gasteiger charge is 2.32. The SMILES string of the molecule is CC(Oc1cc(-c2ccc(C3(O)CCNCC3)nc2)cnc1N)c1c(F)ccc(F)c1Cl. The molecule has 1 unspecified atom stereocenters. The van der Waals surface area contributed by atoms with Gasteiger partial charge in [-0.3, -0.25) is 4.98 Å². The van der Waals surface area contributed by atoms with E-state index in [1.807, 2.05) is 6.07 Å². The maximum Gasteiger partial charge on any atom is 0.166 e. The second kappa shape index (κ2) is 8.97. The fraction of sp³-hybridized carbons (Fsp3) is 0.304. The summed E-state index contributed by atoms with van der Waals surface area (Å²) in [5, 5.41) is 13.7. The number of aromatic nitrogens is 2. The first kappa shape index (κ1) is 22.4. The molecule has 4 rings (SSSR count). The summed E-state index contributed by atoms with van der Waals surface area (Å²) in [6, 6.07) is 7.24. The summed E-state index contributed by atoms with van der Waals surface area (Å²) in [6.07, 6.45) is 3.50. The first-order chi connectivity index (χ1) is 15.3. The number of nitrogens with zero attached hydrogens (tertiary/aromatic N) is 2. The molecule has 1 saturated heterocycles. The zero-order chi connectivity index (χ0) is 22.9. The van der Waals surface area contributed by atoms with Gasteiger partial charge >= 0.3 is 0 Å². The van der Waals surface area contributed by atoms with Gasteiger partial charge in [0, 0.05) is 29.1 Å². The molecule has 0 aliphatic carbocycles. The molecule has 1 aliphatic rings. The molecule has 9 heteroatoms. The van der Waals surface area contributed by atoms with Gasteiger partial charge < -0.3 is 20.9 Å². The van der Waals surface area contributed by atoms with Crippen molar-refractivity contribution in [1.82, 2.24) is 15.3 Å². The van der Waals surface area contributed by atoms with Gasteiger partial charge in [-0.1, -0.05) is 17.7 Å². The van der Waals surface area contributed by atoms with Gasteiger partial charge in [0.2, 0.25) is 0 Å².